The molecule has 0 spiro atoms. The molecule has 2 aromatic rings. The van der Waals surface area contributed by atoms with Crippen molar-refractivity contribution in [3.63, 3.8) is 0 Å². The SMILES string of the molecule is COC1CCN(C(=O)c2cc(=O)[nH]c3ccccc23)C(CN)C1.Cl. The van der Waals surface area contributed by atoms with Crippen LogP contribution in [-0.2, 0) is 4.74 Å². The van der Waals surface area contributed by atoms with Gasteiger partial charge in [0.15, 0.2) is 0 Å². The molecular weight excluding hydrogens is 330 g/mol. The molecule has 3 rings (SSSR count). The number of carbonyl (C=O) groups excluding carboxylic acids is 1. The molecule has 0 saturated carbocycles. The molecule has 2 unspecified atom stereocenters. The fourth-order valence-electron chi connectivity index (χ4n) is 3.26. The molecule has 1 saturated heterocycles. The molecule has 1 aromatic carbocycles. The average molecular weight is 352 g/mol. The first kappa shape index (κ1) is 18.4. The molecular formula is C17H22ClN3O3. The second-order valence-electron chi connectivity index (χ2n) is 5.86. The minimum atomic E-state index is -0.275. The standard InChI is InChI=1S/C17H21N3O3.ClH/c1-23-12-6-7-20(11(8-12)10-18)17(22)14-9-16(21)19-15-5-3-2-4-13(14)15;/h2-5,9,11-12H,6-8,10,18H2,1H3,(H,19,21);1H. The summed E-state index contributed by atoms with van der Waals surface area (Å²) >= 11 is 0. The lowest BCUT2D eigenvalue weighted by molar-refractivity contribution is 0.0140. The number of piperidine rings is 1. The first-order valence-corrected chi connectivity index (χ1v) is 7.80. The van der Waals surface area contributed by atoms with Crippen LogP contribution in [0.5, 0.6) is 0 Å². The molecule has 24 heavy (non-hydrogen) atoms. The van der Waals surface area contributed by atoms with Crippen LogP contribution in [0.1, 0.15) is 23.2 Å². The number of hydrogen-bond donors (Lipinski definition) is 2. The number of halogens is 1. The van der Waals surface area contributed by atoms with E-state index in [-0.39, 0.29) is 36.0 Å². The third-order valence-corrected chi connectivity index (χ3v) is 4.51. The Hall–Kier alpha value is -1.89. The van der Waals surface area contributed by atoms with Gasteiger partial charge in [0, 0.05) is 43.2 Å². The van der Waals surface area contributed by atoms with Crippen molar-refractivity contribution in [2.75, 3.05) is 20.2 Å². The molecule has 1 fully saturated rings. The van der Waals surface area contributed by atoms with E-state index in [1.165, 1.54) is 6.07 Å². The van der Waals surface area contributed by atoms with Gasteiger partial charge in [-0.15, -0.1) is 12.4 Å². The van der Waals surface area contributed by atoms with E-state index in [2.05, 4.69) is 4.98 Å². The molecule has 1 amide bonds. The summed E-state index contributed by atoms with van der Waals surface area (Å²) in [4.78, 5) is 29.4. The van der Waals surface area contributed by atoms with E-state index in [9.17, 15) is 9.59 Å². The highest BCUT2D eigenvalue weighted by atomic mass is 35.5. The van der Waals surface area contributed by atoms with Crippen LogP contribution in [-0.4, -0.2) is 48.1 Å². The molecule has 6 nitrogen and oxygen atoms in total. The van der Waals surface area contributed by atoms with Crippen LogP contribution >= 0.6 is 12.4 Å². The van der Waals surface area contributed by atoms with Gasteiger partial charge in [-0.25, -0.2) is 0 Å². The normalized spacial score (nSPS) is 20.7. The molecule has 1 aliphatic heterocycles. The maximum atomic E-state index is 13.0. The minimum absolute atomic E-state index is 0. The van der Waals surface area contributed by atoms with E-state index in [4.69, 9.17) is 10.5 Å². The number of amides is 1. The first-order chi connectivity index (χ1) is 11.1. The van der Waals surface area contributed by atoms with E-state index in [0.717, 1.165) is 18.2 Å². The van der Waals surface area contributed by atoms with Crippen LogP contribution in [0.2, 0.25) is 0 Å². The number of rotatable bonds is 3. The second kappa shape index (κ2) is 7.79. The van der Waals surface area contributed by atoms with Gasteiger partial charge in [-0.1, -0.05) is 18.2 Å². The van der Waals surface area contributed by atoms with Crippen LogP contribution in [0, 0.1) is 0 Å². The summed E-state index contributed by atoms with van der Waals surface area (Å²) in [7, 11) is 1.68. The fraction of sp³-hybridized carbons (Fsp3) is 0.412. The molecule has 1 aromatic heterocycles. The van der Waals surface area contributed by atoms with Gasteiger partial charge in [0.05, 0.1) is 11.7 Å². The van der Waals surface area contributed by atoms with Gasteiger partial charge in [0.2, 0.25) is 5.56 Å². The van der Waals surface area contributed by atoms with Crippen LogP contribution in [0.25, 0.3) is 10.9 Å². The number of nitrogens with zero attached hydrogens (tertiary/aromatic N) is 1. The van der Waals surface area contributed by atoms with E-state index >= 15 is 0 Å². The third kappa shape index (κ3) is 3.45. The number of aromatic amines is 1. The Balaban J connectivity index is 0.00000208. The van der Waals surface area contributed by atoms with Gasteiger partial charge in [-0.05, 0) is 18.9 Å². The Bertz CT molecular complexity index is 777. The number of aromatic nitrogens is 1. The number of fused-ring (bicyclic) bond motifs is 1. The predicted octanol–water partition coefficient (Wildman–Crippen LogP) is 1.53. The zero-order valence-electron chi connectivity index (χ0n) is 13.5. The number of nitrogens with two attached hydrogens (primary N) is 1. The molecule has 0 radical (unpaired) electrons. The van der Waals surface area contributed by atoms with Crippen molar-refractivity contribution in [3.8, 4) is 0 Å². The van der Waals surface area contributed by atoms with Crippen molar-refractivity contribution in [1.29, 1.82) is 0 Å². The number of carbonyl (C=O) groups is 1. The zero-order valence-corrected chi connectivity index (χ0v) is 14.3. The van der Waals surface area contributed by atoms with Gasteiger partial charge >= 0.3 is 0 Å². The maximum absolute atomic E-state index is 13.0. The average Bonchev–Trinajstić information content (AvgIpc) is 2.59. The number of para-hydroxylation sites is 1. The number of pyridine rings is 1. The number of hydrogen-bond acceptors (Lipinski definition) is 4. The molecule has 0 bridgehead atoms. The summed E-state index contributed by atoms with van der Waals surface area (Å²) < 4.78 is 5.40. The van der Waals surface area contributed by atoms with Crippen LogP contribution in [0.4, 0.5) is 0 Å². The van der Waals surface area contributed by atoms with E-state index < -0.39 is 0 Å². The number of benzene rings is 1. The van der Waals surface area contributed by atoms with Crippen LogP contribution < -0.4 is 11.3 Å². The summed E-state index contributed by atoms with van der Waals surface area (Å²) in [5.74, 6) is -0.141. The maximum Gasteiger partial charge on any atom is 0.255 e. The second-order valence-corrected chi connectivity index (χ2v) is 5.86. The Morgan fingerprint density at radius 3 is 2.88 bits per heavy atom. The summed E-state index contributed by atoms with van der Waals surface area (Å²) in [6, 6.07) is 8.64. The zero-order chi connectivity index (χ0) is 16.4. The lowest BCUT2D eigenvalue weighted by Crippen LogP contribution is -2.51. The van der Waals surface area contributed by atoms with Crippen LogP contribution in [0.15, 0.2) is 35.1 Å². The monoisotopic (exact) mass is 351 g/mol. The van der Waals surface area contributed by atoms with Crippen molar-refractivity contribution in [2.45, 2.75) is 25.0 Å². The van der Waals surface area contributed by atoms with Gasteiger partial charge in [-0.3, -0.25) is 9.59 Å². The van der Waals surface area contributed by atoms with Crippen molar-refractivity contribution in [1.82, 2.24) is 9.88 Å². The van der Waals surface area contributed by atoms with Gasteiger partial charge < -0.3 is 20.4 Å². The van der Waals surface area contributed by atoms with Gasteiger partial charge in [0.1, 0.15) is 0 Å². The minimum Gasteiger partial charge on any atom is -0.381 e. The predicted molar refractivity (Wildman–Crippen MR) is 95.7 cm³/mol. The van der Waals surface area contributed by atoms with Crippen molar-refractivity contribution < 1.29 is 9.53 Å². The lowest BCUT2D eigenvalue weighted by atomic mass is 9.97. The first-order valence-electron chi connectivity index (χ1n) is 7.80. The number of H-pyrrole nitrogens is 1. The summed E-state index contributed by atoms with van der Waals surface area (Å²) in [6.07, 6.45) is 1.63. The van der Waals surface area contributed by atoms with Crippen molar-refractivity contribution >= 4 is 29.2 Å². The van der Waals surface area contributed by atoms with E-state index in [1.807, 2.05) is 18.2 Å². The molecule has 3 N–H and O–H groups in total. The highest BCUT2D eigenvalue weighted by molar-refractivity contribution is 6.06. The topological polar surface area (TPSA) is 88.4 Å². The van der Waals surface area contributed by atoms with Gasteiger partial charge in [0.25, 0.3) is 5.91 Å². The summed E-state index contributed by atoms with van der Waals surface area (Å²) in [5, 5.41) is 0.752. The highest BCUT2D eigenvalue weighted by Crippen LogP contribution is 2.23. The fourth-order valence-corrected chi connectivity index (χ4v) is 3.26. The summed E-state index contributed by atoms with van der Waals surface area (Å²) in [5.41, 5.74) is 6.67. The molecule has 0 aliphatic carbocycles. The van der Waals surface area contributed by atoms with Crippen molar-refractivity contribution in [3.05, 3.63) is 46.2 Å². The Labute approximate surface area is 146 Å². The van der Waals surface area contributed by atoms with Crippen LogP contribution in [0.3, 0.4) is 0 Å². The Morgan fingerprint density at radius 2 is 2.17 bits per heavy atom. The largest absolute Gasteiger partial charge is 0.381 e. The molecule has 2 heterocycles. The molecule has 2 atom stereocenters. The van der Waals surface area contributed by atoms with E-state index in [1.54, 1.807) is 18.1 Å². The molecule has 7 heteroatoms. The lowest BCUT2D eigenvalue weighted by Gasteiger charge is -2.38. The van der Waals surface area contributed by atoms with Gasteiger partial charge in [-0.2, -0.15) is 0 Å². The highest BCUT2D eigenvalue weighted by Gasteiger charge is 2.32. The third-order valence-electron chi connectivity index (χ3n) is 4.51. The summed E-state index contributed by atoms with van der Waals surface area (Å²) in [6.45, 7) is 0.965. The number of methoxy groups -OCH3 is 1. The quantitative estimate of drug-likeness (QED) is 0.877. The number of nitrogens with one attached hydrogen (secondary N) is 1. The Kier molecular flexibility index (Phi) is 5.99. The molecule has 1 aliphatic rings. The molecule has 130 valence electrons. The van der Waals surface area contributed by atoms with Crippen molar-refractivity contribution in [2.24, 2.45) is 5.73 Å². The smallest absolute Gasteiger partial charge is 0.255 e. The Morgan fingerprint density at radius 1 is 1.42 bits per heavy atom. The number of likely N-dealkylation sites (tertiary alicyclic amines) is 1. The number of ether oxygens (including phenoxy) is 1. The van der Waals surface area contributed by atoms with E-state index in [0.29, 0.717) is 24.2 Å².